The van der Waals surface area contributed by atoms with E-state index in [9.17, 15) is 4.79 Å². The van der Waals surface area contributed by atoms with Gasteiger partial charge in [0.1, 0.15) is 6.54 Å². The summed E-state index contributed by atoms with van der Waals surface area (Å²) < 4.78 is 0. The number of benzene rings is 1. The monoisotopic (exact) mass is 251 g/mol. The summed E-state index contributed by atoms with van der Waals surface area (Å²) in [4.78, 5) is 11.3. The van der Waals surface area contributed by atoms with Crippen molar-refractivity contribution in [3.05, 3.63) is 34.9 Å². The van der Waals surface area contributed by atoms with Crippen LogP contribution in [0.5, 0.6) is 0 Å². The highest BCUT2D eigenvalue weighted by molar-refractivity contribution is 6.31. The van der Waals surface area contributed by atoms with Crippen molar-refractivity contribution < 1.29 is 4.79 Å². The summed E-state index contributed by atoms with van der Waals surface area (Å²) in [5.41, 5.74) is 0.947. The van der Waals surface area contributed by atoms with Gasteiger partial charge in [0, 0.05) is 11.1 Å². The second kappa shape index (κ2) is 6.89. The molecule has 90 valence electrons. The van der Waals surface area contributed by atoms with Gasteiger partial charge in [-0.2, -0.15) is 5.26 Å². The molecule has 0 bridgehead atoms. The maximum Gasteiger partial charge on any atom is 0.234 e. The van der Waals surface area contributed by atoms with Crippen LogP contribution >= 0.6 is 11.6 Å². The zero-order valence-electron chi connectivity index (χ0n) is 9.53. The summed E-state index contributed by atoms with van der Waals surface area (Å²) in [6.45, 7) is 2.12. The van der Waals surface area contributed by atoms with E-state index in [1.807, 2.05) is 37.3 Å². The van der Waals surface area contributed by atoms with Gasteiger partial charge in [-0.3, -0.25) is 4.79 Å². The van der Waals surface area contributed by atoms with E-state index in [4.69, 9.17) is 16.9 Å². The molecule has 0 unspecified atom stereocenters. The molecule has 0 aliphatic carbocycles. The average molecular weight is 252 g/mol. The lowest BCUT2D eigenvalue weighted by molar-refractivity contribution is -0.120. The highest BCUT2D eigenvalue weighted by Gasteiger charge is 2.09. The molecule has 0 aliphatic rings. The summed E-state index contributed by atoms with van der Waals surface area (Å²) in [5, 5.41) is 14.5. The van der Waals surface area contributed by atoms with Crippen molar-refractivity contribution in [2.75, 3.05) is 13.1 Å². The fourth-order valence-corrected chi connectivity index (χ4v) is 1.68. The van der Waals surface area contributed by atoms with Crippen LogP contribution in [-0.2, 0) is 4.79 Å². The van der Waals surface area contributed by atoms with E-state index in [0.29, 0.717) is 5.02 Å². The first-order valence-corrected chi connectivity index (χ1v) is 5.64. The fraction of sp³-hybridized carbons (Fsp3) is 0.333. The molecule has 1 rings (SSSR count). The third-order valence-electron chi connectivity index (χ3n) is 2.31. The summed E-state index contributed by atoms with van der Waals surface area (Å²) in [7, 11) is 0. The van der Waals surface area contributed by atoms with Gasteiger partial charge in [-0.15, -0.1) is 0 Å². The second-order valence-corrected chi connectivity index (χ2v) is 3.97. The van der Waals surface area contributed by atoms with Crippen LogP contribution in [0.4, 0.5) is 0 Å². The molecule has 4 nitrogen and oxygen atoms in total. The number of hydrogen-bond acceptors (Lipinski definition) is 3. The Balaban J connectivity index is 2.45. The Morgan fingerprint density at radius 2 is 2.24 bits per heavy atom. The highest BCUT2D eigenvalue weighted by atomic mass is 35.5. The molecule has 1 aromatic rings. The van der Waals surface area contributed by atoms with E-state index in [0.717, 1.165) is 5.56 Å². The molecule has 0 aliphatic heterocycles. The normalized spacial score (nSPS) is 11.6. The molecular weight excluding hydrogens is 238 g/mol. The molecule has 0 aromatic heterocycles. The molecule has 0 radical (unpaired) electrons. The van der Waals surface area contributed by atoms with Crippen LogP contribution in [0.1, 0.15) is 18.5 Å². The van der Waals surface area contributed by atoms with Gasteiger partial charge in [0.25, 0.3) is 0 Å². The summed E-state index contributed by atoms with van der Waals surface area (Å²) >= 11 is 6.03. The lowest BCUT2D eigenvalue weighted by atomic mass is 10.1. The number of nitriles is 1. The van der Waals surface area contributed by atoms with Crippen LogP contribution in [0.15, 0.2) is 24.3 Å². The van der Waals surface area contributed by atoms with E-state index in [1.54, 1.807) is 0 Å². The van der Waals surface area contributed by atoms with Crippen LogP contribution in [0.2, 0.25) is 5.02 Å². The zero-order chi connectivity index (χ0) is 12.7. The Labute approximate surface area is 106 Å². The third-order valence-corrected chi connectivity index (χ3v) is 2.65. The molecule has 1 aromatic carbocycles. The van der Waals surface area contributed by atoms with E-state index < -0.39 is 0 Å². The third kappa shape index (κ3) is 4.43. The van der Waals surface area contributed by atoms with Crippen molar-refractivity contribution in [1.29, 1.82) is 5.26 Å². The molecule has 5 heteroatoms. The Morgan fingerprint density at radius 1 is 1.53 bits per heavy atom. The lowest BCUT2D eigenvalue weighted by Gasteiger charge is -2.15. The molecule has 0 saturated carbocycles. The summed E-state index contributed by atoms with van der Waals surface area (Å²) in [5.74, 6) is -0.203. The van der Waals surface area contributed by atoms with Crippen LogP contribution in [0.25, 0.3) is 0 Å². The first-order chi connectivity index (χ1) is 8.15. The van der Waals surface area contributed by atoms with Crippen molar-refractivity contribution in [3.63, 3.8) is 0 Å². The second-order valence-electron chi connectivity index (χ2n) is 3.56. The molecule has 17 heavy (non-hydrogen) atoms. The van der Waals surface area contributed by atoms with Crippen molar-refractivity contribution in [2.45, 2.75) is 13.0 Å². The number of carbonyl (C=O) groups is 1. The fourth-order valence-electron chi connectivity index (χ4n) is 1.38. The van der Waals surface area contributed by atoms with E-state index >= 15 is 0 Å². The topological polar surface area (TPSA) is 64.9 Å². The van der Waals surface area contributed by atoms with Gasteiger partial charge in [0.15, 0.2) is 0 Å². The minimum absolute atomic E-state index is 0.0171. The van der Waals surface area contributed by atoms with Crippen molar-refractivity contribution in [1.82, 2.24) is 10.6 Å². The van der Waals surface area contributed by atoms with Crippen LogP contribution in [0.3, 0.4) is 0 Å². The standard InChI is InChI=1S/C12H14ClN3O/c1-9(10-4-2-3-5-11(10)13)16-8-12(17)15-7-6-14/h2-5,9,16H,7-8H2,1H3,(H,15,17)/t9-/m0/s1. The molecule has 0 spiro atoms. The maximum atomic E-state index is 11.3. The van der Waals surface area contributed by atoms with Gasteiger partial charge in [-0.05, 0) is 18.6 Å². The quantitative estimate of drug-likeness (QED) is 0.782. The highest BCUT2D eigenvalue weighted by Crippen LogP contribution is 2.21. The first kappa shape index (κ1) is 13.5. The number of amides is 1. The molecule has 1 atom stereocenters. The largest absolute Gasteiger partial charge is 0.342 e. The molecular formula is C12H14ClN3O. The Kier molecular flexibility index (Phi) is 5.47. The van der Waals surface area contributed by atoms with Crippen molar-refractivity contribution in [2.24, 2.45) is 0 Å². The minimum Gasteiger partial charge on any atom is -0.342 e. The average Bonchev–Trinajstić information content (AvgIpc) is 2.34. The van der Waals surface area contributed by atoms with E-state index in [-0.39, 0.29) is 25.0 Å². The molecule has 0 fully saturated rings. The molecule has 0 saturated heterocycles. The Morgan fingerprint density at radius 3 is 2.88 bits per heavy atom. The smallest absolute Gasteiger partial charge is 0.234 e. The first-order valence-electron chi connectivity index (χ1n) is 5.26. The zero-order valence-corrected chi connectivity index (χ0v) is 10.3. The number of halogens is 1. The maximum absolute atomic E-state index is 11.3. The SMILES string of the molecule is C[C@H](NCC(=O)NCC#N)c1ccccc1Cl. The number of hydrogen-bond donors (Lipinski definition) is 2. The summed E-state index contributed by atoms with van der Waals surface area (Å²) in [6.07, 6.45) is 0. The van der Waals surface area contributed by atoms with Crippen LogP contribution in [-0.4, -0.2) is 19.0 Å². The van der Waals surface area contributed by atoms with Crippen LogP contribution in [0, 0.1) is 11.3 Å². The number of nitrogens with one attached hydrogen (secondary N) is 2. The molecule has 2 N–H and O–H groups in total. The number of carbonyl (C=O) groups excluding carboxylic acids is 1. The number of nitrogens with zero attached hydrogens (tertiary/aromatic N) is 1. The summed E-state index contributed by atoms with van der Waals surface area (Å²) in [6, 6.07) is 9.31. The van der Waals surface area contributed by atoms with Crippen molar-refractivity contribution in [3.8, 4) is 6.07 Å². The van der Waals surface area contributed by atoms with Crippen LogP contribution < -0.4 is 10.6 Å². The van der Waals surface area contributed by atoms with Gasteiger partial charge in [-0.1, -0.05) is 29.8 Å². The predicted octanol–water partition coefficient (Wildman–Crippen LogP) is 1.63. The Bertz CT molecular complexity index is 428. The Hall–Kier alpha value is -1.57. The van der Waals surface area contributed by atoms with Gasteiger partial charge < -0.3 is 10.6 Å². The number of rotatable bonds is 5. The minimum atomic E-state index is -0.203. The predicted molar refractivity (Wildman–Crippen MR) is 66.5 cm³/mol. The van der Waals surface area contributed by atoms with E-state index in [2.05, 4.69) is 10.6 Å². The molecule has 0 heterocycles. The molecule has 1 amide bonds. The lowest BCUT2D eigenvalue weighted by Crippen LogP contribution is -2.35. The van der Waals surface area contributed by atoms with E-state index in [1.165, 1.54) is 0 Å². The van der Waals surface area contributed by atoms with Gasteiger partial charge in [0.2, 0.25) is 5.91 Å². The van der Waals surface area contributed by atoms with Gasteiger partial charge >= 0.3 is 0 Å². The van der Waals surface area contributed by atoms with Gasteiger partial charge in [0.05, 0.1) is 12.6 Å². The van der Waals surface area contributed by atoms with Crippen molar-refractivity contribution >= 4 is 17.5 Å². The van der Waals surface area contributed by atoms with Gasteiger partial charge in [-0.25, -0.2) is 0 Å².